The Balaban J connectivity index is 1.61. The predicted octanol–water partition coefficient (Wildman–Crippen LogP) is 3.70. The number of ether oxygens (including phenoxy) is 1. The Morgan fingerprint density at radius 2 is 1.59 bits per heavy atom. The number of furan rings is 2. The smallest absolute Gasteiger partial charge is 0.287 e. The third-order valence-electron chi connectivity index (χ3n) is 5.67. The molecule has 2 heterocycles. The molecule has 9 nitrogen and oxygen atoms in total. The lowest BCUT2D eigenvalue weighted by Gasteiger charge is -2.31. The van der Waals surface area contributed by atoms with Crippen molar-refractivity contribution in [3.8, 4) is 5.75 Å². The average Bonchev–Trinajstić information content (AvgIpc) is 3.66. The van der Waals surface area contributed by atoms with Crippen molar-refractivity contribution < 1.29 is 28.0 Å². The molecule has 0 saturated carbocycles. The first-order valence-electron chi connectivity index (χ1n) is 11.6. The number of hydrogen-bond donors (Lipinski definition) is 2. The number of carbonyl (C=O) groups excluding carboxylic acids is 3. The van der Waals surface area contributed by atoms with Crippen LogP contribution in [-0.2, 0) is 22.7 Å². The molecular weight excluding hydrogens is 474 g/mol. The molecule has 0 bridgehead atoms. The summed E-state index contributed by atoms with van der Waals surface area (Å²) in [4.78, 5) is 40.9. The summed E-state index contributed by atoms with van der Waals surface area (Å²) in [7, 11) is 1.57. The molecule has 0 fully saturated rings. The van der Waals surface area contributed by atoms with Gasteiger partial charge >= 0.3 is 0 Å². The summed E-state index contributed by atoms with van der Waals surface area (Å²) < 4.78 is 15.7. The molecule has 0 saturated heterocycles. The molecule has 2 aromatic heterocycles. The van der Waals surface area contributed by atoms with Gasteiger partial charge in [-0.2, -0.15) is 0 Å². The fourth-order valence-electron chi connectivity index (χ4n) is 3.80. The second kappa shape index (κ2) is 12.3. The van der Waals surface area contributed by atoms with E-state index in [1.165, 1.54) is 23.5 Å². The molecule has 2 N–H and O–H groups in total. The summed E-state index contributed by atoms with van der Waals surface area (Å²) >= 11 is 0. The standard InChI is InChI=1S/C28H27N3O6/c1-35-22-13-11-20(12-14-22)19-31(25(32)18-30-27(33)24-10-6-16-37-24)26(21-7-3-2-4-8-21)28(34)29-17-23-9-5-15-36-23/h2-16,26H,17-19H2,1H3,(H,29,34)(H,30,33). The Kier molecular flexibility index (Phi) is 8.38. The lowest BCUT2D eigenvalue weighted by atomic mass is 10.0. The van der Waals surface area contributed by atoms with Gasteiger partial charge in [0.2, 0.25) is 11.8 Å². The van der Waals surface area contributed by atoms with E-state index in [1.54, 1.807) is 61.7 Å². The fraction of sp³-hybridized carbons (Fsp3) is 0.179. The molecule has 4 rings (SSSR count). The first kappa shape index (κ1) is 25.3. The molecule has 0 aliphatic carbocycles. The summed E-state index contributed by atoms with van der Waals surface area (Å²) in [6.07, 6.45) is 2.90. The van der Waals surface area contributed by atoms with Gasteiger partial charge in [-0.1, -0.05) is 42.5 Å². The number of rotatable bonds is 11. The number of amides is 3. The van der Waals surface area contributed by atoms with E-state index in [1.807, 2.05) is 18.2 Å². The van der Waals surface area contributed by atoms with E-state index in [4.69, 9.17) is 13.6 Å². The van der Waals surface area contributed by atoms with Crippen molar-refractivity contribution in [1.29, 1.82) is 0 Å². The zero-order valence-electron chi connectivity index (χ0n) is 20.3. The Morgan fingerprint density at radius 1 is 0.865 bits per heavy atom. The minimum atomic E-state index is -0.966. The van der Waals surface area contributed by atoms with Gasteiger partial charge in [0.25, 0.3) is 5.91 Å². The van der Waals surface area contributed by atoms with Crippen LogP contribution in [0.4, 0.5) is 0 Å². The highest BCUT2D eigenvalue weighted by Crippen LogP contribution is 2.25. The van der Waals surface area contributed by atoms with Gasteiger partial charge in [-0.05, 0) is 47.5 Å². The maximum atomic E-state index is 13.6. The number of hydrogen-bond acceptors (Lipinski definition) is 6. The largest absolute Gasteiger partial charge is 0.497 e. The highest BCUT2D eigenvalue weighted by molar-refractivity contribution is 5.95. The van der Waals surface area contributed by atoms with Crippen LogP contribution in [-0.4, -0.2) is 36.3 Å². The van der Waals surface area contributed by atoms with Crippen molar-refractivity contribution in [2.24, 2.45) is 0 Å². The van der Waals surface area contributed by atoms with Crippen LogP contribution in [0.3, 0.4) is 0 Å². The van der Waals surface area contributed by atoms with Gasteiger partial charge in [0.05, 0.1) is 32.7 Å². The Labute approximate surface area is 214 Å². The number of nitrogens with one attached hydrogen (secondary N) is 2. The highest BCUT2D eigenvalue weighted by Gasteiger charge is 2.32. The molecular formula is C28H27N3O6. The van der Waals surface area contributed by atoms with Crippen LogP contribution < -0.4 is 15.4 Å². The van der Waals surface area contributed by atoms with Crippen molar-refractivity contribution in [1.82, 2.24) is 15.5 Å². The molecule has 190 valence electrons. The van der Waals surface area contributed by atoms with Crippen molar-refractivity contribution in [2.45, 2.75) is 19.1 Å². The maximum absolute atomic E-state index is 13.6. The summed E-state index contributed by atoms with van der Waals surface area (Å²) in [5.74, 6) is -0.0202. The molecule has 1 atom stereocenters. The van der Waals surface area contributed by atoms with Crippen LogP contribution in [0.2, 0.25) is 0 Å². The number of carbonyl (C=O) groups is 3. The third-order valence-corrected chi connectivity index (χ3v) is 5.67. The van der Waals surface area contributed by atoms with E-state index in [0.717, 1.165) is 5.56 Å². The van der Waals surface area contributed by atoms with Crippen LogP contribution in [0.1, 0.15) is 33.5 Å². The summed E-state index contributed by atoms with van der Waals surface area (Å²) in [5, 5.41) is 5.44. The topological polar surface area (TPSA) is 114 Å². The highest BCUT2D eigenvalue weighted by atomic mass is 16.5. The molecule has 0 radical (unpaired) electrons. The van der Waals surface area contributed by atoms with Crippen molar-refractivity contribution >= 4 is 17.7 Å². The summed E-state index contributed by atoms with van der Waals surface area (Å²) in [6.45, 7) is -0.0490. The molecule has 0 aliphatic heterocycles. The Bertz CT molecular complexity index is 1290. The summed E-state index contributed by atoms with van der Waals surface area (Å²) in [5.41, 5.74) is 1.41. The van der Waals surface area contributed by atoms with E-state index >= 15 is 0 Å². The van der Waals surface area contributed by atoms with Gasteiger partial charge in [0, 0.05) is 6.54 Å². The first-order chi connectivity index (χ1) is 18.0. The van der Waals surface area contributed by atoms with E-state index in [-0.39, 0.29) is 31.3 Å². The van der Waals surface area contributed by atoms with Crippen molar-refractivity contribution in [3.05, 3.63) is 114 Å². The average molecular weight is 502 g/mol. The number of nitrogens with zero attached hydrogens (tertiary/aromatic N) is 1. The van der Waals surface area contributed by atoms with Crippen molar-refractivity contribution in [3.63, 3.8) is 0 Å². The van der Waals surface area contributed by atoms with Gasteiger partial charge in [-0.25, -0.2) is 0 Å². The zero-order valence-corrected chi connectivity index (χ0v) is 20.3. The minimum Gasteiger partial charge on any atom is -0.497 e. The van der Waals surface area contributed by atoms with E-state index in [2.05, 4.69) is 10.6 Å². The Hall–Kier alpha value is -4.79. The van der Waals surface area contributed by atoms with E-state index in [0.29, 0.717) is 17.1 Å². The predicted molar refractivity (Wildman–Crippen MR) is 134 cm³/mol. The molecule has 4 aromatic rings. The fourth-order valence-corrected chi connectivity index (χ4v) is 3.80. The molecule has 37 heavy (non-hydrogen) atoms. The van der Waals surface area contributed by atoms with Crippen LogP contribution in [0.15, 0.2) is 100 Å². The first-order valence-corrected chi connectivity index (χ1v) is 11.6. The van der Waals surface area contributed by atoms with E-state index < -0.39 is 17.9 Å². The number of methoxy groups -OCH3 is 1. The van der Waals surface area contributed by atoms with Crippen LogP contribution >= 0.6 is 0 Å². The quantitative estimate of drug-likeness (QED) is 0.324. The molecule has 0 spiro atoms. The molecule has 2 aromatic carbocycles. The lowest BCUT2D eigenvalue weighted by molar-refractivity contribution is -0.141. The maximum Gasteiger partial charge on any atom is 0.287 e. The number of benzene rings is 2. The lowest BCUT2D eigenvalue weighted by Crippen LogP contribution is -2.46. The minimum absolute atomic E-state index is 0.0882. The Morgan fingerprint density at radius 3 is 2.24 bits per heavy atom. The molecule has 1 unspecified atom stereocenters. The molecule has 3 amide bonds. The summed E-state index contributed by atoms with van der Waals surface area (Å²) in [6, 6.07) is 21.8. The van der Waals surface area contributed by atoms with E-state index in [9.17, 15) is 14.4 Å². The van der Waals surface area contributed by atoms with Gasteiger partial charge in [0.1, 0.15) is 17.6 Å². The van der Waals surface area contributed by atoms with Gasteiger partial charge in [0.15, 0.2) is 5.76 Å². The molecule has 9 heteroatoms. The molecule has 0 aliphatic rings. The van der Waals surface area contributed by atoms with Gasteiger partial charge < -0.3 is 29.1 Å². The van der Waals surface area contributed by atoms with Crippen LogP contribution in [0.25, 0.3) is 0 Å². The monoisotopic (exact) mass is 501 g/mol. The SMILES string of the molecule is COc1ccc(CN(C(=O)CNC(=O)c2ccco2)C(C(=O)NCc2ccco2)c2ccccc2)cc1. The van der Waals surface area contributed by atoms with Crippen molar-refractivity contribution in [2.75, 3.05) is 13.7 Å². The van der Waals surface area contributed by atoms with Crippen LogP contribution in [0.5, 0.6) is 5.75 Å². The third kappa shape index (κ3) is 6.66. The van der Waals surface area contributed by atoms with Gasteiger partial charge in [-0.3, -0.25) is 14.4 Å². The van der Waals surface area contributed by atoms with Crippen LogP contribution in [0, 0.1) is 0 Å². The second-order valence-electron chi connectivity index (χ2n) is 8.14. The normalized spacial score (nSPS) is 11.4. The van der Waals surface area contributed by atoms with Gasteiger partial charge in [-0.15, -0.1) is 0 Å². The zero-order chi connectivity index (χ0) is 26.0. The second-order valence-corrected chi connectivity index (χ2v) is 8.14.